The fourth-order valence-electron chi connectivity index (χ4n) is 4.25. The molecule has 0 amide bonds. The van der Waals surface area contributed by atoms with Gasteiger partial charge in [0.1, 0.15) is 17.7 Å². The maximum atomic E-state index is 13.0. The highest BCUT2D eigenvalue weighted by atomic mass is 16.5. The number of nitrogens with zero attached hydrogens (tertiary/aromatic N) is 4. The smallest absolute Gasteiger partial charge is 0.337 e. The van der Waals surface area contributed by atoms with Gasteiger partial charge in [0, 0.05) is 17.0 Å². The fraction of sp³-hybridized carbons (Fsp3) is 0.174. The second-order valence-electron chi connectivity index (χ2n) is 7.83. The summed E-state index contributed by atoms with van der Waals surface area (Å²) in [6.45, 7) is 0. The lowest BCUT2D eigenvalue weighted by molar-refractivity contribution is 0.0600. The molecular formula is C23H17N5O4. The largest absolute Gasteiger partial charge is 0.465 e. The van der Waals surface area contributed by atoms with Crippen molar-refractivity contribution in [2.45, 2.75) is 18.8 Å². The van der Waals surface area contributed by atoms with Crippen molar-refractivity contribution in [3.8, 4) is 5.69 Å². The van der Waals surface area contributed by atoms with Gasteiger partial charge >= 0.3 is 5.97 Å². The highest BCUT2D eigenvalue weighted by Gasteiger charge is 2.32. The Bertz CT molecular complexity index is 1610. The number of carbonyl (C=O) groups is 1. The van der Waals surface area contributed by atoms with Crippen LogP contribution in [-0.4, -0.2) is 32.8 Å². The van der Waals surface area contributed by atoms with Crippen LogP contribution < -0.4 is 11.2 Å². The van der Waals surface area contributed by atoms with Crippen molar-refractivity contribution in [1.29, 1.82) is 0 Å². The highest BCUT2D eigenvalue weighted by molar-refractivity contribution is 6.21. The van der Waals surface area contributed by atoms with Crippen molar-refractivity contribution >= 4 is 44.6 Å². The normalized spacial score (nSPS) is 13.8. The monoisotopic (exact) mass is 427 g/mol. The molecule has 32 heavy (non-hydrogen) atoms. The molecule has 158 valence electrons. The minimum absolute atomic E-state index is 0.157. The van der Waals surface area contributed by atoms with Gasteiger partial charge in [-0.15, -0.1) is 0 Å². The third-order valence-corrected chi connectivity index (χ3v) is 5.90. The average Bonchev–Trinajstić information content (AvgIpc) is 3.50. The topological polar surface area (TPSA) is 126 Å². The highest BCUT2D eigenvalue weighted by Crippen LogP contribution is 2.44. The molecule has 0 bridgehead atoms. The first kappa shape index (κ1) is 18.5. The van der Waals surface area contributed by atoms with Gasteiger partial charge < -0.3 is 15.0 Å². The molecule has 1 aliphatic rings. The lowest BCUT2D eigenvalue weighted by atomic mass is 10.1. The van der Waals surface area contributed by atoms with Crippen LogP contribution in [0.4, 0.5) is 5.82 Å². The molecule has 1 saturated carbocycles. The summed E-state index contributed by atoms with van der Waals surface area (Å²) in [4.78, 5) is 33.5. The number of carbonyl (C=O) groups excluding carboxylic acids is 1. The second kappa shape index (κ2) is 6.61. The van der Waals surface area contributed by atoms with Gasteiger partial charge in [0.15, 0.2) is 16.8 Å². The van der Waals surface area contributed by atoms with Gasteiger partial charge in [-0.3, -0.25) is 9.36 Å². The van der Waals surface area contributed by atoms with Crippen molar-refractivity contribution in [1.82, 2.24) is 19.7 Å². The summed E-state index contributed by atoms with van der Waals surface area (Å²) in [6, 6.07) is 10.2. The Balaban J connectivity index is 1.75. The average molecular weight is 427 g/mol. The zero-order chi connectivity index (χ0) is 22.0. The van der Waals surface area contributed by atoms with E-state index in [1.54, 1.807) is 30.3 Å². The minimum Gasteiger partial charge on any atom is -0.465 e. The van der Waals surface area contributed by atoms with Gasteiger partial charge in [-0.05, 0) is 49.2 Å². The number of benzene rings is 1. The number of hydrogen-bond acceptors (Lipinski definition) is 8. The van der Waals surface area contributed by atoms with Crippen molar-refractivity contribution in [3.05, 3.63) is 64.3 Å². The van der Waals surface area contributed by atoms with E-state index in [0.29, 0.717) is 44.2 Å². The molecule has 0 aliphatic heterocycles. The quantitative estimate of drug-likeness (QED) is 0.435. The van der Waals surface area contributed by atoms with Gasteiger partial charge in [0.2, 0.25) is 0 Å². The molecule has 0 saturated heterocycles. The van der Waals surface area contributed by atoms with E-state index in [9.17, 15) is 9.59 Å². The van der Waals surface area contributed by atoms with Crippen LogP contribution in [0.5, 0.6) is 0 Å². The molecule has 1 aliphatic carbocycles. The zero-order valence-corrected chi connectivity index (χ0v) is 17.0. The van der Waals surface area contributed by atoms with Gasteiger partial charge in [-0.1, -0.05) is 5.16 Å². The number of fused-ring (bicyclic) bond motifs is 5. The number of esters is 1. The van der Waals surface area contributed by atoms with Crippen LogP contribution in [0.2, 0.25) is 0 Å². The van der Waals surface area contributed by atoms with Gasteiger partial charge in [-0.25, -0.2) is 14.8 Å². The molecule has 0 spiro atoms. The molecule has 3 heterocycles. The summed E-state index contributed by atoms with van der Waals surface area (Å²) in [5.74, 6) is 0.699. The molecule has 0 unspecified atom stereocenters. The summed E-state index contributed by atoms with van der Waals surface area (Å²) in [5, 5.41) is 6.02. The van der Waals surface area contributed by atoms with Crippen molar-refractivity contribution < 1.29 is 14.1 Å². The summed E-state index contributed by atoms with van der Waals surface area (Å²) in [5.41, 5.74) is 8.98. The molecule has 0 radical (unpaired) electrons. The van der Waals surface area contributed by atoms with Crippen LogP contribution in [0.15, 0.2) is 52.0 Å². The Kier molecular flexibility index (Phi) is 3.82. The maximum absolute atomic E-state index is 13.0. The molecule has 2 aromatic carbocycles. The molecule has 0 atom stereocenters. The first-order valence-electron chi connectivity index (χ1n) is 10.1. The Labute approximate surface area is 180 Å². The molecule has 6 rings (SSSR count). The maximum Gasteiger partial charge on any atom is 0.337 e. The molecule has 9 nitrogen and oxygen atoms in total. The SMILES string of the molecule is COC(=O)c1ccc(-n2c3ccc(=O)c4c(C5CC5)onc4c3c3c(N)ncnc32)cc1. The molecule has 1 fully saturated rings. The van der Waals surface area contributed by atoms with Crippen molar-refractivity contribution in [2.75, 3.05) is 12.8 Å². The third kappa shape index (κ3) is 2.54. The van der Waals surface area contributed by atoms with Crippen LogP contribution >= 0.6 is 0 Å². The number of aromatic nitrogens is 4. The Hall–Kier alpha value is -4.27. The third-order valence-electron chi connectivity index (χ3n) is 5.90. The van der Waals surface area contributed by atoms with E-state index in [2.05, 4.69) is 15.1 Å². The minimum atomic E-state index is -0.426. The Morgan fingerprint density at radius 3 is 2.59 bits per heavy atom. The van der Waals surface area contributed by atoms with E-state index in [-0.39, 0.29) is 17.2 Å². The lowest BCUT2D eigenvalue weighted by Crippen LogP contribution is -2.02. The van der Waals surface area contributed by atoms with Crippen molar-refractivity contribution in [2.24, 2.45) is 0 Å². The van der Waals surface area contributed by atoms with Crippen LogP contribution in [-0.2, 0) is 4.74 Å². The summed E-state index contributed by atoms with van der Waals surface area (Å²) in [6.07, 6.45) is 3.35. The van der Waals surface area contributed by atoms with Crippen molar-refractivity contribution in [3.63, 3.8) is 0 Å². The van der Waals surface area contributed by atoms with Crippen LogP contribution in [0.3, 0.4) is 0 Å². The molecule has 5 aromatic rings. The Morgan fingerprint density at radius 2 is 1.88 bits per heavy atom. The van der Waals surface area contributed by atoms with Gasteiger partial charge in [0.05, 0.1) is 29.0 Å². The van der Waals surface area contributed by atoms with E-state index in [4.69, 9.17) is 15.0 Å². The van der Waals surface area contributed by atoms with E-state index < -0.39 is 5.97 Å². The molecule has 3 aromatic heterocycles. The zero-order valence-electron chi connectivity index (χ0n) is 17.0. The number of methoxy groups -OCH3 is 1. The van der Waals surface area contributed by atoms with E-state index in [0.717, 1.165) is 18.5 Å². The molecular weight excluding hydrogens is 410 g/mol. The summed E-state index contributed by atoms with van der Waals surface area (Å²) in [7, 11) is 1.34. The van der Waals surface area contributed by atoms with E-state index in [1.165, 1.54) is 19.5 Å². The number of anilines is 1. The predicted octanol–water partition coefficient (Wildman–Crippen LogP) is 3.32. The molecule has 9 heteroatoms. The number of nitrogen functional groups attached to an aromatic ring is 1. The fourth-order valence-corrected chi connectivity index (χ4v) is 4.25. The first-order valence-corrected chi connectivity index (χ1v) is 10.1. The van der Waals surface area contributed by atoms with E-state index >= 15 is 0 Å². The predicted molar refractivity (Wildman–Crippen MR) is 118 cm³/mol. The van der Waals surface area contributed by atoms with Gasteiger partial charge in [-0.2, -0.15) is 0 Å². The summed E-state index contributed by atoms with van der Waals surface area (Å²) >= 11 is 0. The van der Waals surface area contributed by atoms with Crippen LogP contribution in [0.25, 0.3) is 38.5 Å². The van der Waals surface area contributed by atoms with Gasteiger partial charge in [0.25, 0.3) is 0 Å². The standard InChI is InChI=1S/C23H17N5O4/c1-31-23(30)12-4-6-13(7-5-12)28-14-8-9-15(29)17-19(27-32-20(17)11-2-3-11)16(14)18-21(24)25-10-26-22(18)28/h4-11H,2-3H2,1H3,(H2,24,25,26). The number of hydrogen-bond donors (Lipinski definition) is 1. The van der Waals surface area contributed by atoms with E-state index in [1.807, 2.05) is 4.57 Å². The van der Waals surface area contributed by atoms with Crippen LogP contribution in [0.1, 0.15) is 34.9 Å². The number of rotatable bonds is 3. The first-order chi connectivity index (χ1) is 15.6. The Morgan fingerprint density at radius 1 is 1.09 bits per heavy atom. The lowest BCUT2D eigenvalue weighted by Gasteiger charge is -2.07. The second-order valence-corrected chi connectivity index (χ2v) is 7.83. The molecule has 2 N–H and O–H groups in total. The van der Waals surface area contributed by atoms with Crippen LogP contribution in [0, 0.1) is 0 Å². The number of ether oxygens (including phenoxy) is 1. The summed E-state index contributed by atoms with van der Waals surface area (Å²) < 4.78 is 12.3. The number of nitrogens with two attached hydrogens (primary N) is 1.